The van der Waals surface area contributed by atoms with Gasteiger partial charge in [0, 0.05) is 0 Å². The van der Waals surface area contributed by atoms with E-state index >= 15 is 0 Å². The number of nitrogens with zero attached hydrogens (tertiary/aromatic N) is 4. The quantitative estimate of drug-likeness (QED) is 0.460. The van der Waals surface area contributed by atoms with E-state index in [2.05, 4.69) is 21.0 Å². The minimum Gasteiger partial charge on any atom is -0.392 e. The third kappa shape index (κ3) is 1.78. The van der Waals surface area contributed by atoms with Gasteiger partial charge in [0.05, 0.1) is 18.5 Å². The Hall–Kier alpha value is -2.25. The van der Waals surface area contributed by atoms with Crippen molar-refractivity contribution in [2.75, 3.05) is 12.3 Å². The normalized spacial score (nSPS) is 32.4. The van der Waals surface area contributed by atoms with E-state index in [-0.39, 0.29) is 5.82 Å². The Labute approximate surface area is 119 Å². The molecule has 4 unspecified atom stereocenters. The lowest BCUT2D eigenvalue weighted by atomic mass is 9.96. The van der Waals surface area contributed by atoms with Crippen molar-refractivity contribution >= 4 is 11.5 Å². The second-order valence-corrected chi connectivity index (χ2v) is 4.73. The first-order valence-electron chi connectivity index (χ1n) is 6.11. The monoisotopic (exact) mass is 291 g/mol. The fourth-order valence-corrected chi connectivity index (χ4v) is 2.38. The van der Waals surface area contributed by atoms with E-state index < -0.39 is 30.5 Å². The van der Waals surface area contributed by atoms with Gasteiger partial charge in [0.1, 0.15) is 24.6 Å². The maximum absolute atomic E-state index is 10.2. The number of aromatic nitrogens is 4. The van der Waals surface area contributed by atoms with E-state index in [9.17, 15) is 15.3 Å². The molecule has 0 aliphatic carbocycles. The van der Waals surface area contributed by atoms with Gasteiger partial charge in [-0.05, 0) is 0 Å². The molecular weight excluding hydrogens is 278 g/mol. The van der Waals surface area contributed by atoms with Crippen LogP contribution in [0.25, 0.3) is 5.65 Å². The van der Waals surface area contributed by atoms with Crippen molar-refractivity contribution in [2.24, 2.45) is 0 Å². The second-order valence-electron chi connectivity index (χ2n) is 4.73. The molecular formula is C12H13N5O4. The summed E-state index contributed by atoms with van der Waals surface area (Å²) in [6.07, 6.45) is 4.14. The number of aliphatic hydroxyl groups is 3. The van der Waals surface area contributed by atoms with Gasteiger partial charge in [-0.3, -0.25) is 0 Å². The summed E-state index contributed by atoms with van der Waals surface area (Å²) in [5.41, 5.74) is 4.64. The molecule has 1 aliphatic heterocycles. The molecule has 4 atom stereocenters. The number of ether oxygens (including phenoxy) is 1. The fourth-order valence-electron chi connectivity index (χ4n) is 2.38. The predicted octanol–water partition coefficient (Wildman–Crippen LogP) is -2.14. The van der Waals surface area contributed by atoms with E-state index in [1.807, 2.05) is 0 Å². The Morgan fingerprint density at radius 3 is 2.86 bits per heavy atom. The van der Waals surface area contributed by atoms with Gasteiger partial charge in [0.25, 0.3) is 0 Å². The lowest BCUT2D eigenvalue weighted by Crippen LogP contribution is -2.44. The van der Waals surface area contributed by atoms with Crippen LogP contribution in [0.2, 0.25) is 0 Å². The van der Waals surface area contributed by atoms with Crippen LogP contribution < -0.4 is 5.73 Å². The van der Waals surface area contributed by atoms with Crippen molar-refractivity contribution in [3.8, 4) is 12.3 Å². The zero-order valence-corrected chi connectivity index (χ0v) is 10.8. The predicted molar refractivity (Wildman–Crippen MR) is 69.7 cm³/mol. The Kier molecular flexibility index (Phi) is 3.03. The van der Waals surface area contributed by atoms with Crippen molar-refractivity contribution in [2.45, 2.75) is 23.9 Å². The number of hydrogen-bond acceptors (Lipinski definition) is 8. The Morgan fingerprint density at radius 1 is 1.48 bits per heavy atom. The van der Waals surface area contributed by atoms with Crippen molar-refractivity contribution < 1.29 is 20.1 Å². The lowest BCUT2D eigenvalue weighted by molar-refractivity contribution is -0.0732. The van der Waals surface area contributed by atoms with Crippen molar-refractivity contribution in [1.82, 2.24) is 19.6 Å². The molecule has 0 bridgehead atoms. The minimum atomic E-state index is -1.67. The Morgan fingerprint density at radius 2 is 2.24 bits per heavy atom. The molecule has 1 aliphatic rings. The smallest absolute Gasteiger partial charge is 0.196 e. The topological polar surface area (TPSA) is 139 Å². The zero-order valence-electron chi connectivity index (χ0n) is 10.8. The summed E-state index contributed by atoms with van der Waals surface area (Å²) >= 11 is 0. The molecule has 110 valence electrons. The number of terminal acetylenes is 1. The van der Waals surface area contributed by atoms with Crippen molar-refractivity contribution in [3.05, 3.63) is 18.2 Å². The van der Waals surface area contributed by atoms with Crippen LogP contribution in [-0.4, -0.2) is 59.3 Å². The van der Waals surface area contributed by atoms with Crippen molar-refractivity contribution in [3.63, 3.8) is 0 Å². The number of anilines is 1. The van der Waals surface area contributed by atoms with Gasteiger partial charge in [0.2, 0.25) is 0 Å². The molecule has 5 N–H and O–H groups in total. The molecule has 9 heteroatoms. The highest BCUT2D eigenvalue weighted by atomic mass is 16.6. The van der Waals surface area contributed by atoms with Gasteiger partial charge in [-0.25, -0.2) is 14.5 Å². The molecule has 0 saturated carbocycles. The van der Waals surface area contributed by atoms with Gasteiger partial charge in [0.15, 0.2) is 17.1 Å². The maximum atomic E-state index is 10.2. The summed E-state index contributed by atoms with van der Waals surface area (Å²) in [7, 11) is 0. The summed E-state index contributed by atoms with van der Waals surface area (Å²) in [4.78, 5) is 7.85. The Bertz CT molecular complexity index is 726. The highest BCUT2D eigenvalue weighted by molar-refractivity contribution is 5.58. The molecule has 9 nitrogen and oxygen atoms in total. The molecule has 0 radical (unpaired) electrons. The minimum absolute atomic E-state index is 0.162. The van der Waals surface area contributed by atoms with Crippen LogP contribution in [0.4, 0.5) is 5.82 Å². The van der Waals surface area contributed by atoms with Crippen LogP contribution >= 0.6 is 0 Å². The number of aliphatic hydroxyl groups excluding tert-OH is 3. The number of nitrogens with two attached hydrogens (primary N) is 1. The maximum Gasteiger partial charge on any atom is 0.196 e. The van der Waals surface area contributed by atoms with E-state index in [4.69, 9.17) is 16.9 Å². The summed E-state index contributed by atoms with van der Waals surface area (Å²) in [6.45, 7) is -0.633. The highest BCUT2D eigenvalue weighted by Gasteiger charge is 2.54. The number of imidazole rings is 1. The second kappa shape index (κ2) is 4.64. The lowest BCUT2D eigenvalue weighted by Gasteiger charge is -2.23. The molecule has 21 heavy (non-hydrogen) atoms. The van der Waals surface area contributed by atoms with E-state index in [1.165, 1.54) is 17.0 Å². The van der Waals surface area contributed by atoms with Gasteiger partial charge in [-0.2, -0.15) is 5.10 Å². The largest absolute Gasteiger partial charge is 0.392 e. The zero-order chi connectivity index (χ0) is 15.2. The fraction of sp³-hybridized carbons (Fsp3) is 0.417. The molecule has 3 rings (SSSR count). The van der Waals surface area contributed by atoms with Crippen molar-refractivity contribution in [1.29, 1.82) is 0 Å². The van der Waals surface area contributed by atoms with E-state index in [1.54, 1.807) is 0 Å². The first kappa shape index (κ1) is 13.7. The molecule has 2 aromatic heterocycles. The molecule has 1 saturated heterocycles. The average Bonchev–Trinajstić information content (AvgIpc) is 3.02. The summed E-state index contributed by atoms with van der Waals surface area (Å²) in [5.74, 6) is 2.35. The van der Waals surface area contributed by atoms with Crippen LogP contribution in [0.15, 0.2) is 12.5 Å². The third-order valence-corrected chi connectivity index (χ3v) is 3.58. The number of nitrogen functional groups attached to an aromatic ring is 1. The first-order chi connectivity index (χ1) is 10.0. The van der Waals surface area contributed by atoms with Crippen LogP contribution in [0.3, 0.4) is 0 Å². The van der Waals surface area contributed by atoms with Crippen LogP contribution in [-0.2, 0) is 4.74 Å². The molecule has 0 amide bonds. The van der Waals surface area contributed by atoms with Crippen LogP contribution in [0.1, 0.15) is 11.8 Å². The van der Waals surface area contributed by atoms with Gasteiger partial charge < -0.3 is 25.8 Å². The third-order valence-electron chi connectivity index (χ3n) is 3.58. The average molecular weight is 291 g/mol. The molecule has 3 heterocycles. The number of rotatable bonds is 2. The van der Waals surface area contributed by atoms with E-state index in [0.717, 1.165) is 0 Å². The van der Waals surface area contributed by atoms with Gasteiger partial charge >= 0.3 is 0 Å². The summed E-state index contributed by atoms with van der Waals surface area (Å²) in [6, 6.07) is 0. The SMILES string of the molecule is C#CC1(CO)OC(c2cnc3c(N)ncnn23)C(O)C1O. The van der Waals surface area contributed by atoms with Gasteiger partial charge in [-0.15, -0.1) is 6.42 Å². The number of hydrogen-bond donors (Lipinski definition) is 4. The molecule has 2 aromatic rings. The highest BCUT2D eigenvalue weighted by Crippen LogP contribution is 2.39. The standard InChI is InChI=1S/C12H13N5O4/c1-2-12(4-18)9(20)7(19)8(21-12)6-3-14-11-10(13)15-5-16-17(6)11/h1,3,5,7-9,18-20H,4H2,(H2,13,15,16). The van der Waals surface area contributed by atoms with Crippen LogP contribution in [0, 0.1) is 12.3 Å². The molecule has 0 spiro atoms. The summed E-state index contributed by atoms with van der Waals surface area (Å²) in [5, 5.41) is 33.6. The van der Waals surface area contributed by atoms with Crippen LogP contribution in [0.5, 0.6) is 0 Å². The molecule has 1 fully saturated rings. The first-order valence-corrected chi connectivity index (χ1v) is 6.11. The molecule has 0 aromatic carbocycles. The van der Waals surface area contributed by atoms with E-state index in [0.29, 0.717) is 11.3 Å². The number of fused-ring (bicyclic) bond motifs is 1. The summed E-state index contributed by atoms with van der Waals surface area (Å²) < 4.78 is 6.86. The van der Waals surface area contributed by atoms with Gasteiger partial charge in [-0.1, -0.05) is 5.92 Å². The Balaban J connectivity index is 2.08.